The van der Waals surface area contributed by atoms with E-state index < -0.39 is 0 Å². The van der Waals surface area contributed by atoms with Crippen LogP contribution in [0.1, 0.15) is 36.6 Å². The number of hydrogen-bond donors (Lipinski definition) is 2. The van der Waals surface area contributed by atoms with Crippen LogP contribution in [-0.4, -0.2) is 10.1 Å². The van der Waals surface area contributed by atoms with Gasteiger partial charge >= 0.3 is 0 Å². The number of nitrogens with one attached hydrogen (secondary N) is 1. The van der Waals surface area contributed by atoms with E-state index in [1.807, 2.05) is 56.3 Å². The van der Waals surface area contributed by atoms with Gasteiger partial charge in [0.25, 0.3) is 0 Å². The Bertz CT molecular complexity index is 1050. The Labute approximate surface area is 166 Å². The molecule has 1 atom stereocenters. The van der Waals surface area contributed by atoms with Crippen LogP contribution in [-0.2, 0) is 0 Å². The highest BCUT2D eigenvalue weighted by molar-refractivity contribution is 5.85. The van der Waals surface area contributed by atoms with Gasteiger partial charge in [-0.15, -0.1) is 0 Å². The summed E-state index contributed by atoms with van der Waals surface area (Å²) >= 11 is 0. The molecule has 142 valence electrons. The molecular formula is C25H26N2O. The van der Waals surface area contributed by atoms with Gasteiger partial charge in [0.15, 0.2) is 0 Å². The van der Waals surface area contributed by atoms with E-state index >= 15 is 0 Å². The molecule has 28 heavy (non-hydrogen) atoms. The molecule has 3 nitrogen and oxygen atoms in total. The third kappa shape index (κ3) is 4.49. The summed E-state index contributed by atoms with van der Waals surface area (Å²) in [6.07, 6.45) is 7.64. The second-order valence-electron chi connectivity index (χ2n) is 7.12. The molecule has 0 aliphatic rings. The molecule has 3 aromatic rings. The average molecular weight is 370 g/mol. The molecule has 0 saturated carbocycles. The molecule has 0 radical (unpaired) electrons. The Morgan fingerprint density at radius 3 is 2.57 bits per heavy atom. The van der Waals surface area contributed by atoms with Crippen molar-refractivity contribution in [3.8, 4) is 5.75 Å². The summed E-state index contributed by atoms with van der Waals surface area (Å²) in [5.74, 6) is 0.210. The minimum atomic E-state index is -0.193. The highest BCUT2D eigenvalue weighted by Crippen LogP contribution is 2.35. The van der Waals surface area contributed by atoms with Crippen molar-refractivity contribution in [1.29, 1.82) is 0 Å². The summed E-state index contributed by atoms with van der Waals surface area (Å²) in [6.45, 7) is 9.92. The van der Waals surface area contributed by atoms with Gasteiger partial charge in [0.05, 0.1) is 6.04 Å². The van der Waals surface area contributed by atoms with Crippen LogP contribution in [0.2, 0.25) is 0 Å². The van der Waals surface area contributed by atoms with Crippen molar-refractivity contribution in [3.05, 3.63) is 107 Å². The maximum Gasteiger partial charge on any atom is 0.147 e. The van der Waals surface area contributed by atoms with Crippen molar-refractivity contribution < 1.29 is 5.11 Å². The fourth-order valence-electron chi connectivity index (χ4n) is 3.11. The summed E-state index contributed by atoms with van der Waals surface area (Å²) in [4.78, 5) is 4.37. The minimum absolute atomic E-state index is 0.193. The van der Waals surface area contributed by atoms with Gasteiger partial charge in [0, 0.05) is 22.8 Å². The fourth-order valence-corrected chi connectivity index (χ4v) is 3.11. The van der Waals surface area contributed by atoms with E-state index in [4.69, 9.17) is 0 Å². The number of nitrogens with zero attached hydrogens (tertiary/aromatic N) is 1. The van der Waals surface area contributed by atoms with Crippen LogP contribution < -0.4 is 5.32 Å². The van der Waals surface area contributed by atoms with Crippen LogP contribution >= 0.6 is 0 Å². The predicted molar refractivity (Wildman–Crippen MR) is 117 cm³/mol. The molecule has 0 aliphatic carbocycles. The Hall–Kier alpha value is -3.33. The summed E-state index contributed by atoms with van der Waals surface area (Å²) in [5, 5.41) is 15.4. The number of aromatic hydroxyl groups is 1. The SMILES string of the molecule is C=C(C)/C=C\C=C(/C)NC(c1ccc(C)cc1)c1ccc2cccnc2c1O. The van der Waals surface area contributed by atoms with Crippen LogP contribution in [0, 0.1) is 6.92 Å². The van der Waals surface area contributed by atoms with Crippen molar-refractivity contribution in [2.45, 2.75) is 26.8 Å². The summed E-state index contributed by atoms with van der Waals surface area (Å²) in [5.41, 5.74) is 5.67. The number of phenols is 1. The number of allylic oxidation sites excluding steroid dienone is 5. The average Bonchev–Trinajstić information content (AvgIpc) is 2.67. The van der Waals surface area contributed by atoms with Crippen LogP contribution in [0.25, 0.3) is 10.9 Å². The number of fused-ring (bicyclic) bond motifs is 1. The van der Waals surface area contributed by atoms with Gasteiger partial charge in [-0.05, 0) is 38.5 Å². The standard InChI is InChI=1S/C25H26N2O/c1-17(2)7-5-8-19(4)27-23(21-12-10-18(3)11-13-21)22-15-14-20-9-6-16-26-24(20)25(22)28/h5-16,23,27-28H,1H2,2-4H3/b7-5-,19-8+. The minimum Gasteiger partial charge on any atom is -0.505 e. The number of benzene rings is 2. The third-order valence-electron chi connectivity index (χ3n) is 4.60. The lowest BCUT2D eigenvalue weighted by molar-refractivity contribution is 0.466. The summed E-state index contributed by atoms with van der Waals surface area (Å²) in [6, 6.07) is 15.9. The molecule has 0 fully saturated rings. The number of pyridine rings is 1. The normalized spacial score (nSPS) is 13.0. The number of aryl methyl sites for hydroxylation is 1. The second-order valence-corrected chi connectivity index (χ2v) is 7.12. The Kier molecular flexibility index (Phi) is 5.95. The first-order valence-corrected chi connectivity index (χ1v) is 9.36. The zero-order valence-electron chi connectivity index (χ0n) is 16.6. The molecule has 1 heterocycles. The second kappa shape index (κ2) is 8.57. The molecule has 2 aromatic carbocycles. The summed E-state index contributed by atoms with van der Waals surface area (Å²) in [7, 11) is 0. The lowest BCUT2D eigenvalue weighted by Gasteiger charge is -2.23. The maximum atomic E-state index is 11.0. The topological polar surface area (TPSA) is 45.2 Å². The third-order valence-corrected chi connectivity index (χ3v) is 4.60. The molecule has 0 bridgehead atoms. The highest BCUT2D eigenvalue weighted by atomic mass is 16.3. The first-order chi connectivity index (χ1) is 13.5. The molecule has 1 unspecified atom stereocenters. The molecule has 0 spiro atoms. The molecule has 0 amide bonds. The smallest absolute Gasteiger partial charge is 0.147 e. The Balaban J connectivity index is 2.05. The van der Waals surface area contributed by atoms with E-state index in [1.165, 1.54) is 5.56 Å². The van der Waals surface area contributed by atoms with Gasteiger partial charge in [-0.3, -0.25) is 4.98 Å². The Morgan fingerprint density at radius 2 is 1.86 bits per heavy atom. The molecule has 2 N–H and O–H groups in total. The van der Waals surface area contributed by atoms with Gasteiger partial charge in [-0.25, -0.2) is 0 Å². The number of phenolic OH excluding ortho intramolecular Hbond substituents is 1. The number of hydrogen-bond acceptors (Lipinski definition) is 3. The van der Waals surface area contributed by atoms with E-state index in [-0.39, 0.29) is 11.8 Å². The molecule has 0 saturated heterocycles. The maximum absolute atomic E-state index is 11.0. The first-order valence-electron chi connectivity index (χ1n) is 9.36. The Morgan fingerprint density at radius 1 is 1.11 bits per heavy atom. The zero-order valence-corrected chi connectivity index (χ0v) is 16.6. The van der Waals surface area contributed by atoms with Gasteiger partial charge < -0.3 is 10.4 Å². The monoisotopic (exact) mass is 370 g/mol. The quantitative estimate of drug-likeness (QED) is 0.526. The first kappa shape index (κ1) is 19.4. The van der Waals surface area contributed by atoms with Crippen molar-refractivity contribution in [2.75, 3.05) is 0 Å². The van der Waals surface area contributed by atoms with Gasteiger partial charge in [0.1, 0.15) is 11.3 Å². The van der Waals surface area contributed by atoms with Gasteiger partial charge in [-0.2, -0.15) is 0 Å². The predicted octanol–water partition coefficient (Wildman–Crippen LogP) is 5.96. The highest BCUT2D eigenvalue weighted by Gasteiger charge is 2.19. The van der Waals surface area contributed by atoms with Crippen LogP contribution in [0.15, 0.2) is 90.8 Å². The van der Waals surface area contributed by atoms with Crippen molar-refractivity contribution in [3.63, 3.8) is 0 Å². The lowest BCUT2D eigenvalue weighted by Crippen LogP contribution is -2.21. The van der Waals surface area contributed by atoms with Crippen LogP contribution in [0.4, 0.5) is 0 Å². The molecule has 3 heteroatoms. The molecule has 3 rings (SSSR count). The number of aromatic nitrogens is 1. The van der Waals surface area contributed by atoms with E-state index in [9.17, 15) is 5.11 Å². The van der Waals surface area contributed by atoms with E-state index in [2.05, 4.69) is 48.1 Å². The largest absolute Gasteiger partial charge is 0.505 e. The van der Waals surface area contributed by atoms with Crippen LogP contribution in [0.3, 0.4) is 0 Å². The fraction of sp³-hybridized carbons (Fsp3) is 0.160. The zero-order chi connectivity index (χ0) is 20.1. The number of rotatable bonds is 6. The van der Waals surface area contributed by atoms with Gasteiger partial charge in [0.2, 0.25) is 0 Å². The molecule has 1 aromatic heterocycles. The van der Waals surface area contributed by atoms with Crippen molar-refractivity contribution in [1.82, 2.24) is 10.3 Å². The van der Waals surface area contributed by atoms with Gasteiger partial charge in [-0.1, -0.05) is 72.3 Å². The van der Waals surface area contributed by atoms with Crippen molar-refractivity contribution >= 4 is 10.9 Å². The van der Waals surface area contributed by atoms with E-state index in [1.54, 1.807) is 6.20 Å². The van der Waals surface area contributed by atoms with Crippen molar-refractivity contribution in [2.24, 2.45) is 0 Å². The molecular weight excluding hydrogens is 344 g/mol. The van der Waals surface area contributed by atoms with E-state index in [0.717, 1.165) is 27.8 Å². The van der Waals surface area contributed by atoms with E-state index in [0.29, 0.717) is 5.52 Å². The van der Waals surface area contributed by atoms with Crippen LogP contribution in [0.5, 0.6) is 5.75 Å². The lowest BCUT2D eigenvalue weighted by atomic mass is 9.95. The molecule has 0 aliphatic heterocycles. The summed E-state index contributed by atoms with van der Waals surface area (Å²) < 4.78 is 0.